The molecule has 7 nitrogen and oxygen atoms in total. The molecule has 2 atom stereocenters. The number of carbonyl (C=O) groups is 2. The van der Waals surface area contributed by atoms with E-state index < -0.39 is 17.9 Å². The van der Waals surface area contributed by atoms with Crippen LogP contribution in [0.25, 0.3) is 11.8 Å². The topological polar surface area (TPSA) is 84.7 Å². The van der Waals surface area contributed by atoms with Crippen LogP contribution >= 0.6 is 24.0 Å². The third-order valence-electron chi connectivity index (χ3n) is 6.41. The Bertz CT molecular complexity index is 1400. The number of aryl methyl sites for hydroxylation is 3. The highest BCUT2D eigenvalue weighted by Crippen LogP contribution is 2.39. The largest absolute Gasteiger partial charge is 0.480 e. The van der Waals surface area contributed by atoms with Crippen LogP contribution in [0.15, 0.2) is 53.4 Å². The van der Waals surface area contributed by atoms with Gasteiger partial charge in [0.05, 0.1) is 21.8 Å². The first-order chi connectivity index (χ1) is 17.6. The van der Waals surface area contributed by atoms with Crippen LogP contribution in [-0.4, -0.2) is 42.0 Å². The van der Waals surface area contributed by atoms with E-state index in [4.69, 9.17) is 22.1 Å². The van der Waals surface area contributed by atoms with Gasteiger partial charge in [0.15, 0.2) is 0 Å². The first-order valence-corrected chi connectivity index (χ1v) is 13.2. The number of benzene rings is 2. The van der Waals surface area contributed by atoms with Gasteiger partial charge in [-0.05, 0) is 56.5 Å². The van der Waals surface area contributed by atoms with Gasteiger partial charge in [-0.15, -0.1) is 0 Å². The maximum Gasteiger partial charge on any atom is 0.327 e. The highest BCUT2D eigenvalue weighted by molar-refractivity contribution is 8.26. The van der Waals surface area contributed by atoms with Crippen molar-refractivity contribution in [1.29, 1.82) is 0 Å². The van der Waals surface area contributed by atoms with Gasteiger partial charge in [-0.25, -0.2) is 4.79 Å². The molecule has 1 aliphatic heterocycles. The smallest absolute Gasteiger partial charge is 0.327 e. The highest BCUT2D eigenvalue weighted by Gasteiger charge is 2.42. The second-order valence-corrected chi connectivity index (χ2v) is 10.8. The molecular formula is C28H29N3O4S2. The van der Waals surface area contributed by atoms with Gasteiger partial charge in [0.2, 0.25) is 5.88 Å². The Kier molecular flexibility index (Phi) is 7.85. The van der Waals surface area contributed by atoms with Crippen LogP contribution in [0.2, 0.25) is 0 Å². The summed E-state index contributed by atoms with van der Waals surface area (Å²) < 4.78 is 8.38. The molecule has 1 fully saturated rings. The molecule has 192 valence electrons. The minimum Gasteiger partial charge on any atom is -0.480 e. The Morgan fingerprint density at radius 2 is 1.89 bits per heavy atom. The number of carboxylic acids is 1. The van der Waals surface area contributed by atoms with Crippen LogP contribution in [0.5, 0.6) is 11.6 Å². The maximum atomic E-state index is 13.5. The number of aromatic nitrogens is 2. The summed E-state index contributed by atoms with van der Waals surface area (Å²) in [7, 11) is 0. The summed E-state index contributed by atoms with van der Waals surface area (Å²) in [5, 5.41) is 14.6. The van der Waals surface area contributed by atoms with Crippen molar-refractivity contribution >= 4 is 46.3 Å². The van der Waals surface area contributed by atoms with E-state index in [0.29, 0.717) is 34.2 Å². The summed E-state index contributed by atoms with van der Waals surface area (Å²) in [5.74, 6) is -0.624. The first-order valence-electron chi connectivity index (χ1n) is 12.0. The van der Waals surface area contributed by atoms with Crippen molar-refractivity contribution < 1.29 is 19.4 Å². The number of carboxylic acid groups (broad SMARTS) is 1. The Hall–Kier alpha value is -3.43. The van der Waals surface area contributed by atoms with Crippen LogP contribution in [-0.2, 0) is 9.59 Å². The van der Waals surface area contributed by atoms with Gasteiger partial charge in [-0.2, -0.15) is 9.78 Å². The lowest BCUT2D eigenvalue weighted by Crippen LogP contribution is -2.47. The molecule has 9 heteroatoms. The van der Waals surface area contributed by atoms with Gasteiger partial charge in [0.25, 0.3) is 5.91 Å². The molecule has 1 aliphatic rings. The molecule has 0 aliphatic carbocycles. The second-order valence-electron chi connectivity index (χ2n) is 9.14. The van der Waals surface area contributed by atoms with Gasteiger partial charge in [-0.3, -0.25) is 9.69 Å². The predicted molar refractivity (Wildman–Crippen MR) is 150 cm³/mol. The minimum absolute atomic E-state index is 0.230. The average Bonchev–Trinajstić information content (AvgIpc) is 3.32. The quantitative estimate of drug-likeness (QED) is 0.268. The van der Waals surface area contributed by atoms with Crippen molar-refractivity contribution in [3.63, 3.8) is 0 Å². The van der Waals surface area contributed by atoms with Crippen LogP contribution in [0.3, 0.4) is 0 Å². The lowest BCUT2D eigenvalue weighted by Gasteiger charge is -2.27. The van der Waals surface area contributed by atoms with Gasteiger partial charge < -0.3 is 9.84 Å². The number of aliphatic carboxylic acids is 1. The van der Waals surface area contributed by atoms with Crippen molar-refractivity contribution in [2.45, 2.75) is 47.1 Å². The highest BCUT2D eigenvalue weighted by atomic mass is 32.2. The van der Waals surface area contributed by atoms with Crippen LogP contribution < -0.4 is 4.74 Å². The number of thioether (sulfide) groups is 1. The van der Waals surface area contributed by atoms with Crippen molar-refractivity contribution in [3.8, 4) is 17.3 Å². The van der Waals surface area contributed by atoms with E-state index >= 15 is 0 Å². The molecule has 2 heterocycles. The average molecular weight is 536 g/mol. The third kappa shape index (κ3) is 5.33. The van der Waals surface area contributed by atoms with E-state index in [0.717, 1.165) is 28.6 Å². The number of nitrogens with zero attached hydrogens (tertiary/aromatic N) is 3. The Morgan fingerprint density at radius 1 is 1.19 bits per heavy atom. The normalized spacial score (nSPS) is 16.4. The standard InChI is InChI=1S/C28H29N3O4S2/c1-6-17(3)24(27(33)34)30-25(32)23(37-28(30)36)15-21-19(5)29-31(20-10-8-7-9-11-20)26(21)35-22-13-12-16(2)14-18(22)4/h7-15,17,24H,6H2,1-5H3,(H,33,34)/b23-15-/t17?,24-/m0/s1. The van der Waals surface area contributed by atoms with Gasteiger partial charge in [0, 0.05) is 0 Å². The fourth-order valence-electron chi connectivity index (χ4n) is 4.23. The van der Waals surface area contributed by atoms with Crippen molar-refractivity contribution in [1.82, 2.24) is 14.7 Å². The lowest BCUT2D eigenvalue weighted by molar-refractivity contribution is -0.147. The van der Waals surface area contributed by atoms with E-state index in [2.05, 4.69) is 0 Å². The monoisotopic (exact) mass is 535 g/mol. The van der Waals surface area contributed by atoms with Crippen molar-refractivity contribution in [2.75, 3.05) is 0 Å². The summed E-state index contributed by atoms with van der Waals surface area (Å²) in [6, 6.07) is 14.5. The van der Waals surface area contributed by atoms with Gasteiger partial charge in [0.1, 0.15) is 16.1 Å². The van der Waals surface area contributed by atoms with Crippen LogP contribution in [0.1, 0.15) is 42.7 Å². The van der Waals surface area contributed by atoms with Gasteiger partial charge in [-0.1, -0.05) is 80.1 Å². The number of hydrogen-bond acceptors (Lipinski definition) is 6. The molecular weight excluding hydrogens is 506 g/mol. The molecule has 2 aromatic carbocycles. The van der Waals surface area contributed by atoms with Gasteiger partial charge >= 0.3 is 5.97 Å². The summed E-state index contributed by atoms with van der Waals surface area (Å²) in [4.78, 5) is 27.1. The Balaban J connectivity index is 1.82. The summed E-state index contributed by atoms with van der Waals surface area (Å²) in [5.41, 5.74) is 4.18. The lowest BCUT2D eigenvalue weighted by atomic mass is 9.98. The number of rotatable bonds is 8. The van der Waals surface area contributed by atoms with Crippen LogP contribution in [0.4, 0.5) is 0 Å². The molecule has 3 aromatic rings. The number of ether oxygens (including phenoxy) is 1. The first kappa shape index (κ1) is 26.6. The summed E-state index contributed by atoms with van der Waals surface area (Å²) >= 11 is 6.56. The predicted octanol–water partition coefficient (Wildman–Crippen LogP) is 6.29. The molecule has 1 saturated heterocycles. The maximum absolute atomic E-state index is 13.5. The zero-order chi connectivity index (χ0) is 26.9. The number of hydrogen-bond donors (Lipinski definition) is 1. The number of para-hydroxylation sites is 1. The SMILES string of the molecule is CCC(C)[C@@H](C(=O)O)N1C(=O)/C(=C/c2c(C)nn(-c3ccccc3)c2Oc2ccc(C)cc2C)SC1=S. The Morgan fingerprint density at radius 3 is 2.51 bits per heavy atom. The van der Waals surface area contributed by atoms with Crippen LogP contribution in [0, 0.1) is 26.7 Å². The number of carbonyl (C=O) groups excluding carboxylic acids is 1. The molecule has 0 spiro atoms. The number of amides is 1. The van der Waals surface area contributed by atoms with E-state index in [-0.39, 0.29) is 10.2 Å². The molecule has 0 saturated carbocycles. The molecule has 4 rings (SSSR count). The fraction of sp³-hybridized carbons (Fsp3) is 0.286. The molecule has 1 N–H and O–H groups in total. The van der Waals surface area contributed by atoms with E-state index in [1.54, 1.807) is 10.8 Å². The molecule has 0 radical (unpaired) electrons. The van der Waals surface area contributed by atoms with E-state index in [9.17, 15) is 14.7 Å². The minimum atomic E-state index is -1.07. The zero-order valence-corrected chi connectivity index (χ0v) is 23.0. The zero-order valence-electron chi connectivity index (χ0n) is 21.4. The van der Waals surface area contributed by atoms with E-state index in [1.165, 1.54) is 4.90 Å². The molecule has 37 heavy (non-hydrogen) atoms. The second kappa shape index (κ2) is 10.9. The van der Waals surface area contributed by atoms with E-state index in [1.807, 2.05) is 83.1 Å². The molecule has 0 bridgehead atoms. The van der Waals surface area contributed by atoms with Crippen molar-refractivity contribution in [2.24, 2.45) is 5.92 Å². The van der Waals surface area contributed by atoms with Crippen molar-refractivity contribution in [3.05, 3.63) is 75.8 Å². The summed E-state index contributed by atoms with van der Waals surface area (Å²) in [6.45, 7) is 9.55. The molecule has 1 amide bonds. The fourth-order valence-corrected chi connectivity index (χ4v) is 5.54. The molecule has 1 unspecified atom stereocenters. The Labute approximate surface area is 226 Å². The summed E-state index contributed by atoms with van der Waals surface area (Å²) in [6.07, 6.45) is 2.30. The number of thiocarbonyl (C=S) groups is 1. The molecule has 1 aromatic heterocycles. The third-order valence-corrected chi connectivity index (χ3v) is 7.74.